The molecule has 1 heteroatoms. The van der Waals surface area contributed by atoms with Crippen molar-refractivity contribution in [2.75, 3.05) is 0 Å². The maximum Gasteiger partial charge on any atom is 0.0213 e. The molecule has 78 valence electrons. The molecule has 1 aliphatic carbocycles. The quantitative estimate of drug-likeness (QED) is 0.673. The second kappa shape index (κ2) is 5.32. The third-order valence-corrected chi connectivity index (χ3v) is 3.42. The fourth-order valence-corrected chi connectivity index (χ4v) is 2.46. The third kappa shape index (κ3) is 3.07. The molecule has 1 aromatic carbocycles. The number of rotatable bonds is 2. The highest BCUT2D eigenvalue weighted by molar-refractivity contribution is 9.15. The van der Waals surface area contributed by atoms with Gasteiger partial charge in [-0.1, -0.05) is 64.5 Å². The summed E-state index contributed by atoms with van der Waals surface area (Å²) in [6.45, 7) is 0. The lowest BCUT2D eigenvalue weighted by Crippen LogP contribution is -1.96. The van der Waals surface area contributed by atoms with Crippen molar-refractivity contribution >= 4 is 20.4 Å². The van der Waals surface area contributed by atoms with Gasteiger partial charge in [0.2, 0.25) is 0 Å². The van der Waals surface area contributed by atoms with Crippen molar-refractivity contribution in [1.29, 1.82) is 0 Å². The predicted molar refractivity (Wildman–Crippen MR) is 69.8 cm³/mol. The maximum absolute atomic E-state index is 3.65. The van der Waals surface area contributed by atoms with Crippen LogP contribution in [0.3, 0.4) is 0 Å². The number of benzene rings is 1. The molecule has 0 aromatic heterocycles. The van der Waals surface area contributed by atoms with Gasteiger partial charge in [-0.25, -0.2) is 0 Å². The third-order valence-electron chi connectivity index (χ3n) is 2.70. The zero-order valence-corrected chi connectivity index (χ0v) is 10.3. The fraction of sp³-hybridized carbons (Fsp3) is 0.286. The smallest absolute Gasteiger partial charge is 0.0213 e. The number of hydrogen-bond acceptors (Lipinski definition) is 0. The first kappa shape index (κ1) is 10.7. The van der Waals surface area contributed by atoms with Gasteiger partial charge in [-0.3, -0.25) is 0 Å². The lowest BCUT2D eigenvalue weighted by Gasteiger charge is -2.12. The standard InChI is InChI=1S/C14H15Br/c15-14(13-9-5-2-6-10-13)11-12-7-3-1-4-8-12/h2-3,5-7,9-12H,1,4,8H2/b14-11+. The first-order chi connectivity index (χ1) is 7.36. The summed E-state index contributed by atoms with van der Waals surface area (Å²) < 4.78 is 1.21. The van der Waals surface area contributed by atoms with Crippen molar-refractivity contribution in [3.05, 3.63) is 54.1 Å². The molecule has 1 atom stereocenters. The molecule has 0 spiro atoms. The lowest BCUT2D eigenvalue weighted by atomic mass is 9.95. The average Bonchev–Trinajstić information content (AvgIpc) is 2.31. The van der Waals surface area contributed by atoms with Crippen molar-refractivity contribution in [2.45, 2.75) is 19.3 Å². The minimum absolute atomic E-state index is 0.605. The molecule has 0 N–H and O–H groups in total. The Morgan fingerprint density at radius 3 is 2.73 bits per heavy atom. The molecule has 0 radical (unpaired) electrons. The highest BCUT2D eigenvalue weighted by Crippen LogP contribution is 2.27. The summed E-state index contributed by atoms with van der Waals surface area (Å²) in [7, 11) is 0. The van der Waals surface area contributed by atoms with Crippen LogP contribution in [0, 0.1) is 5.92 Å². The zero-order chi connectivity index (χ0) is 10.5. The van der Waals surface area contributed by atoms with E-state index in [1.807, 2.05) is 6.07 Å². The Morgan fingerprint density at radius 2 is 2.07 bits per heavy atom. The summed E-state index contributed by atoms with van der Waals surface area (Å²) in [5, 5.41) is 0. The van der Waals surface area contributed by atoms with Gasteiger partial charge in [0.1, 0.15) is 0 Å². The Morgan fingerprint density at radius 1 is 1.27 bits per heavy atom. The van der Waals surface area contributed by atoms with Crippen molar-refractivity contribution in [2.24, 2.45) is 5.92 Å². The number of allylic oxidation sites excluding steroid dienone is 3. The Bertz CT molecular complexity index is 362. The van der Waals surface area contributed by atoms with E-state index in [9.17, 15) is 0 Å². The van der Waals surface area contributed by atoms with E-state index in [4.69, 9.17) is 0 Å². The highest BCUT2D eigenvalue weighted by Gasteiger charge is 2.06. The van der Waals surface area contributed by atoms with Crippen LogP contribution in [0.5, 0.6) is 0 Å². The summed E-state index contributed by atoms with van der Waals surface area (Å²) in [6, 6.07) is 10.5. The molecule has 1 aromatic rings. The molecule has 2 rings (SSSR count). The molecule has 0 aliphatic heterocycles. The Balaban J connectivity index is 2.13. The van der Waals surface area contributed by atoms with Gasteiger partial charge < -0.3 is 0 Å². The molecule has 0 nitrogen and oxygen atoms in total. The molecule has 0 heterocycles. The van der Waals surface area contributed by atoms with Gasteiger partial charge in [-0.15, -0.1) is 0 Å². The van der Waals surface area contributed by atoms with Crippen LogP contribution in [0.2, 0.25) is 0 Å². The molecule has 1 aliphatic rings. The molecule has 0 bridgehead atoms. The van der Waals surface area contributed by atoms with E-state index >= 15 is 0 Å². The van der Waals surface area contributed by atoms with Gasteiger partial charge in [0.15, 0.2) is 0 Å². The minimum atomic E-state index is 0.605. The van der Waals surface area contributed by atoms with E-state index in [0.29, 0.717) is 5.92 Å². The summed E-state index contributed by atoms with van der Waals surface area (Å²) in [5.74, 6) is 0.605. The minimum Gasteiger partial charge on any atom is -0.0879 e. The normalized spacial score (nSPS) is 21.7. The van der Waals surface area contributed by atoms with Crippen LogP contribution in [0.15, 0.2) is 48.6 Å². The fourth-order valence-electron chi connectivity index (χ4n) is 1.86. The molecular formula is C14H15Br. The molecule has 0 saturated carbocycles. The van der Waals surface area contributed by atoms with Gasteiger partial charge in [0.25, 0.3) is 0 Å². The van der Waals surface area contributed by atoms with Crippen LogP contribution in [0.4, 0.5) is 0 Å². The highest BCUT2D eigenvalue weighted by atomic mass is 79.9. The van der Waals surface area contributed by atoms with E-state index < -0.39 is 0 Å². The van der Waals surface area contributed by atoms with Crippen molar-refractivity contribution in [3.63, 3.8) is 0 Å². The van der Waals surface area contributed by atoms with Gasteiger partial charge in [0.05, 0.1) is 0 Å². The predicted octanol–water partition coefficient (Wildman–Crippen LogP) is 4.78. The van der Waals surface area contributed by atoms with Gasteiger partial charge in [-0.2, -0.15) is 0 Å². The Hall–Kier alpha value is -0.820. The monoisotopic (exact) mass is 262 g/mol. The molecule has 0 saturated heterocycles. The van der Waals surface area contributed by atoms with Crippen LogP contribution in [0.25, 0.3) is 4.48 Å². The topological polar surface area (TPSA) is 0 Å². The summed E-state index contributed by atoms with van der Waals surface area (Å²) in [4.78, 5) is 0. The van der Waals surface area contributed by atoms with Crippen molar-refractivity contribution < 1.29 is 0 Å². The first-order valence-electron chi connectivity index (χ1n) is 5.45. The van der Waals surface area contributed by atoms with E-state index in [1.54, 1.807) is 0 Å². The lowest BCUT2D eigenvalue weighted by molar-refractivity contribution is 0.632. The molecule has 1 unspecified atom stereocenters. The van der Waals surface area contributed by atoms with E-state index in [2.05, 4.69) is 58.4 Å². The zero-order valence-electron chi connectivity index (χ0n) is 8.70. The van der Waals surface area contributed by atoms with Crippen LogP contribution >= 0.6 is 15.9 Å². The van der Waals surface area contributed by atoms with Crippen molar-refractivity contribution in [3.8, 4) is 0 Å². The van der Waals surface area contributed by atoms with E-state index in [-0.39, 0.29) is 0 Å². The molecule has 0 amide bonds. The summed E-state index contributed by atoms with van der Waals surface area (Å²) >= 11 is 3.65. The van der Waals surface area contributed by atoms with Gasteiger partial charge >= 0.3 is 0 Å². The van der Waals surface area contributed by atoms with Crippen LogP contribution in [0.1, 0.15) is 24.8 Å². The van der Waals surface area contributed by atoms with Crippen LogP contribution < -0.4 is 0 Å². The largest absolute Gasteiger partial charge is 0.0879 e. The number of hydrogen-bond donors (Lipinski definition) is 0. The van der Waals surface area contributed by atoms with Crippen LogP contribution in [-0.4, -0.2) is 0 Å². The van der Waals surface area contributed by atoms with Gasteiger partial charge in [-0.05, 0) is 30.7 Å². The molecular weight excluding hydrogens is 248 g/mol. The average molecular weight is 263 g/mol. The maximum atomic E-state index is 3.65. The molecule has 15 heavy (non-hydrogen) atoms. The molecule has 0 fully saturated rings. The van der Waals surface area contributed by atoms with Crippen LogP contribution in [-0.2, 0) is 0 Å². The second-order valence-electron chi connectivity index (χ2n) is 3.90. The van der Waals surface area contributed by atoms with Crippen molar-refractivity contribution in [1.82, 2.24) is 0 Å². The van der Waals surface area contributed by atoms with E-state index in [0.717, 1.165) is 0 Å². The second-order valence-corrected chi connectivity index (χ2v) is 4.76. The SMILES string of the molecule is Br/C(=C/C1C=CCCC1)c1ccccc1. The summed E-state index contributed by atoms with van der Waals surface area (Å²) in [5.41, 5.74) is 1.26. The van der Waals surface area contributed by atoms with Gasteiger partial charge in [0, 0.05) is 4.48 Å². The number of halogens is 1. The summed E-state index contributed by atoms with van der Waals surface area (Å²) in [6.07, 6.45) is 10.7. The Kier molecular flexibility index (Phi) is 3.79. The first-order valence-corrected chi connectivity index (χ1v) is 6.25. The van der Waals surface area contributed by atoms with E-state index in [1.165, 1.54) is 29.3 Å². The Labute approximate surface area is 99.8 Å².